The van der Waals surface area contributed by atoms with Crippen molar-refractivity contribution in [1.29, 1.82) is 0 Å². The number of hydrogen-bond donors (Lipinski definition) is 0. The maximum Gasteiger partial charge on any atom is 0.407 e. The molecule has 0 unspecified atom stereocenters. The summed E-state index contributed by atoms with van der Waals surface area (Å²) in [5.74, 6) is 0. The van der Waals surface area contributed by atoms with Crippen LogP contribution in [0.5, 0.6) is 0 Å². The normalized spacial score (nSPS) is 11.6. The van der Waals surface area contributed by atoms with E-state index in [0.717, 1.165) is 10.4 Å². The molecule has 2 nitrogen and oxygen atoms in total. The van der Waals surface area contributed by atoms with E-state index in [4.69, 9.17) is 8.85 Å². The second-order valence-electron chi connectivity index (χ2n) is 4.71. The van der Waals surface area contributed by atoms with Gasteiger partial charge in [0.1, 0.15) is 0 Å². The molecule has 2 aromatic carbocycles. The second kappa shape index (κ2) is 6.84. The number of rotatable bonds is 6. The van der Waals surface area contributed by atoms with Gasteiger partial charge in [0.2, 0.25) is 0 Å². The molecule has 0 atom stereocenters. The zero-order valence-corrected chi connectivity index (χ0v) is 13.4. The van der Waals surface area contributed by atoms with Gasteiger partial charge in [-0.05, 0) is 31.1 Å². The Morgan fingerprint density at radius 2 is 1.25 bits per heavy atom. The summed E-state index contributed by atoms with van der Waals surface area (Å²) in [7, 11) is -2.57. The van der Waals surface area contributed by atoms with Crippen molar-refractivity contribution >= 4 is 18.9 Å². The maximum atomic E-state index is 6.20. The van der Waals surface area contributed by atoms with E-state index in [-0.39, 0.29) is 0 Å². The van der Waals surface area contributed by atoms with Crippen LogP contribution in [0.4, 0.5) is 0 Å². The summed E-state index contributed by atoms with van der Waals surface area (Å²) in [5, 5.41) is 2.32. The quantitative estimate of drug-likeness (QED) is 0.760. The Labute approximate surface area is 122 Å². The highest BCUT2D eigenvalue weighted by Crippen LogP contribution is 2.10. The molecule has 0 aliphatic heterocycles. The topological polar surface area (TPSA) is 18.5 Å². The molecule has 20 heavy (non-hydrogen) atoms. The summed E-state index contributed by atoms with van der Waals surface area (Å²) in [6, 6.07) is 18.9. The Morgan fingerprint density at radius 1 is 0.750 bits per heavy atom. The maximum absolute atomic E-state index is 6.20. The molecule has 0 saturated heterocycles. The second-order valence-corrected chi connectivity index (χ2v) is 7.68. The van der Waals surface area contributed by atoms with E-state index in [2.05, 4.69) is 43.3 Å². The average molecular weight is 286 g/mol. The fourth-order valence-electron chi connectivity index (χ4n) is 2.38. The van der Waals surface area contributed by atoms with Crippen LogP contribution in [0.15, 0.2) is 54.6 Å². The van der Waals surface area contributed by atoms with Crippen LogP contribution in [-0.2, 0) is 8.85 Å². The third-order valence-electron chi connectivity index (χ3n) is 3.28. The van der Waals surface area contributed by atoms with Crippen LogP contribution in [0, 0.1) is 6.92 Å². The average Bonchev–Trinajstić information content (AvgIpc) is 2.48. The molecule has 0 spiro atoms. The van der Waals surface area contributed by atoms with Crippen molar-refractivity contribution in [2.75, 3.05) is 13.2 Å². The monoisotopic (exact) mass is 286 g/mol. The van der Waals surface area contributed by atoms with Gasteiger partial charge in [0, 0.05) is 13.2 Å². The molecule has 2 rings (SSSR count). The predicted octanol–water partition coefficient (Wildman–Crippen LogP) is 2.62. The molecular weight excluding hydrogens is 264 g/mol. The Bertz CT molecular complexity index is 516. The summed E-state index contributed by atoms with van der Waals surface area (Å²) < 4.78 is 12.4. The molecule has 0 fully saturated rings. The van der Waals surface area contributed by atoms with E-state index in [1.807, 2.05) is 32.0 Å². The van der Waals surface area contributed by atoms with Crippen LogP contribution < -0.4 is 10.4 Å². The summed E-state index contributed by atoms with van der Waals surface area (Å²) in [4.78, 5) is 0. The minimum Gasteiger partial charge on any atom is -0.388 e. The van der Waals surface area contributed by atoms with Gasteiger partial charge in [-0.15, -0.1) is 0 Å². The molecule has 0 amide bonds. The van der Waals surface area contributed by atoms with Gasteiger partial charge in [-0.2, -0.15) is 0 Å². The fraction of sp³-hybridized carbons (Fsp3) is 0.294. The first-order chi connectivity index (χ1) is 9.73. The molecule has 0 bridgehead atoms. The molecule has 0 aliphatic carbocycles. The summed E-state index contributed by atoms with van der Waals surface area (Å²) in [5.41, 5.74) is 1.25. The van der Waals surface area contributed by atoms with E-state index in [1.54, 1.807) is 0 Å². The molecule has 0 radical (unpaired) electrons. The van der Waals surface area contributed by atoms with E-state index in [0.29, 0.717) is 13.2 Å². The lowest BCUT2D eigenvalue weighted by Crippen LogP contribution is -2.63. The van der Waals surface area contributed by atoms with Crippen molar-refractivity contribution in [3.63, 3.8) is 0 Å². The first-order valence-corrected chi connectivity index (χ1v) is 8.95. The Hall–Kier alpha value is -1.42. The SMILES string of the molecule is CCO[Si](OCC)(c1ccccc1)c1ccc(C)cc1. The number of benzene rings is 2. The standard InChI is InChI=1S/C17H22O2Si/c1-4-18-20(19-5-2,16-9-7-6-8-10-16)17-13-11-15(3)12-14-17/h6-14H,4-5H2,1-3H3. The van der Waals surface area contributed by atoms with Gasteiger partial charge in [0.25, 0.3) is 0 Å². The van der Waals surface area contributed by atoms with Crippen molar-refractivity contribution in [1.82, 2.24) is 0 Å². The molecule has 0 saturated carbocycles. The zero-order chi connectivity index (χ0) is 14.4. The highest BCUT2D eigenvalue weighted by atomic mass is 28.4. The van der Waals surface area contributed by atoms with Crippen molar-refractivity contribution in [2.45, 2.75) is 20.8 Å². The highest BCUT2D eigenvalue weighted by Gasteiger charge is 2.41. The first kappa shape index (κ1) is 15.0. The Kier molecular flexibility index (Phi) is 5.12. The van der Waals surface area contributed by atoms with Gasteiger partial charge in [-0.3, -0.25) is 0 Å². The van der Waals surface area contributed by atoms with E-state index < -0.39 is 8.56 Å². The zero-order valence-electron chi connectivity index (χ0n) is 12.4. The van der Waals surface area contributed by atoms with Crippen molar-refractivity contribution in [3.8, 4) is 0 Å². The van der Waals surface area contributed by atoms with Gasteiger partial charge < -0.3 is 8.85 Å². The molecule has 3 heteroatoms. The third-order valence-corrected chi connectivity index (χ3v) is 6.86. The van der Waals surface area contributed by atoms with Crippen LogP contribution in [-0.4, -0.2) is 21.8 Å². The van der Waals surface area contributed by atoms with Crippen molar-refractivity contribution in [2.24, 2.45) is 0 Å². The van der Waals surface area contributed by atoms with Gasteiger partial charge in [-0.1, -0.05) is 60.2 Å². The molecule has 2 aromatic rings. The Morgan fingerprint density at radius 3 is 1.75 bits per heavy atom. The highest BCUT2D eigenvalue weighted by molar-refractivity contribution is 6.92. The lowest BCUT2D eigenvalue weighted by atomic mass is 10.2. The summed E-state index contributed by atoms with van der Waals surface area (Å²) in [6.07, 6.45) is 0. The largest absolute Gasteiger partial charge is 0.407 e. The van der Waals surface area contributed by atoms with Crippen LogP contribution in [0.2, 0.25) is 0 Å². The Balaban J connectivity index is 2.54. The lowest BCUT2D eigenvalue weighted by Gasteiger charge is -2.30. The molecule has 0 aliphatic rings. The first-order valence-electron chi connectivity index (χ1n) is 7.13. The van der Waals surface area contributed by atoms with Crippen LogP contribution in [0.3, 0.4) is 0 Å². The fourth-order valence-corrected chi connectivity index (χ4v) is 5.51. The summed E-state index contributed by atoms with van der Waals surface area (Å²) in [6.45, 7) is 7.44. The van der Waals surface area contributed by atoms with Gasteiger partial charge in [0.05, 0.1) is 0 Å². The van der Waals surface area contributed by atoms with Crippen LogP contribution >= 0.6 is 0 Å². The van der Waals surface area contributed by atoms with E-state index in [1.165, 1.54) is 5.56 Å². The lowest BCUT2D eigenvalue weighted by molar-refractivity contribution is 0.208. The molecular formula is C17H22O2Si. The van der Waals surface area contributed by atoms with Crippen LogP contribution in [0.1, 0.15) is 19.4 Å². The number of aryl methyl sites for hydroxylation is 1. The predicted molar refractivity (Wildman–Crippen MR) is 85.9 cm³/mol. The van der Waals surface area contributed by atoms with E-state index in [9.17, 15) is 0 Å². The number of hydrogen-bond acceptors (Lipinski definition) is 2. The van der Waals surface area contributed by atoms with Crippen molar-refractivity contribution < 1.29 is 8.85 Å². The van der Waals surface area contributed by atoms with E-state index >= 15 is 0 Å². The molecule has 0 N–H and O–H groups in total. The van der Waals surface area contributed by atoms with Crippen LogP contribution in [0.25, 0.3) is 0 Å². The molecule has 0 aromatic heterocycles. The minimum atomic E-state index is -2.57. The van der Waals surface area contributed by atoms with Gasteiger partial charge in [-0.25, -0.2) is 0 Å². The van der Waals surface area contributed by atoms with Gasteiger partial charge in [0.15, 0.2) is 0 Å². The molecule has 0 heterocycles. The van der Waals surface area contributed by atoms with Crippen molar-refractivity contribution in [3.05, 3.63) is 60.2 Å². The van der Waals surface area contributed by atoms with Gasteiger partial charge >= 0.3 is 8.56 Å². The smallest absolute Gasteiger partial charge is 0.388 e. The summed E-state index contributed by atoms with van der Waals surface area (Å²) >= 11 is 0. The third kappa shape index (κ3) is 3.01. The molecule has 106 valence electrons. The minimum absolute atomic E-state index is 0.648.